The van der Waals surface area contributed by atoms with E-state index in [1.165, 1.54) is 43.4 Å². The van der Waals surface area contributed by atoms with Crippen LogP contribution in [0.2, 0.25) is 0 Å². The fourth-order valence-corrected chi connectivity index (χ4v) is 4.52. The van der Waals surface area contributed by atoms with Crippen LogP contribution in [0, 0.1) is 0 Å². The van der Waals surface area contributed by atoms with Gasteiger partial charge in [-0.1, -0.05) is 32.3 Å². The predicted molar refractivity (Wildman–Crippen MR) is 97.5 cm³/mol. The van der Waals surface area contributed by atoms with E-state index in [9.17, 15) is 4.79 Å². The third-order valence-electron chi connectivity index (χ3n) is 6.13. The Morgan fingerprint density at radius 1 is 1.04 bits per heavy atom. The number of fused-ring (bicyclic) bond motifs is 1. The largest absolute Gasteiger partial charge is 0.369 e. The standard InChI is InChI=1S/C20H29N3O/c1-2-21-10-12-22(13-11-21)18-9-8-16-15-23(20(24)19(16)14-18)17-6-4-3-5-7-17/h8-9,14,17H,2-7,10-13,15H2,1H3. The molecule has 0 aromatic heterocycles. The van der Waals surface area contributed by atoms with Gasteiger partial charge in [-0.2, -0.15) is 0 Å². The number of amides is 1. The van der Waals surface area contributed by atoms with Gasteiger partial charge in [0.2, 0.25) is 0 Å². The Morgan fingerprint density at radius 2 is 1.79 bits per heavy atom. The van der Waals surface area contributed by atoms with Gasteiger partial charge in [-0.15, -0.1) is 0 Å². The summed E-state index contributed by atoms with van der Waals surface area (Å²) < 4.78 is 0. The van der Waals surface area contributed by atoms with Crippen molar-refractivity contribution in [2.75, 3.05) is 37.6 Å². The molecule has 0 atom stereocenters. The molecule has 0 unspecified atom stereocenters. The fourth-order valence-electron chi connectivity index (χ4n) is 4.52. The smallest absolute Gasteiger partial charge is 0.254 e. The number of carbonyl (C=O) groups excluding carboxylic acids is 1. The lowest BCUT2D eigenvalue weighted by atomic mass is 9.94. The molecule has 1 amide bonds. The molecule has 4 heteroatoms. The highest BCUT2D eigenvalue weighted by Gasteiger charge is 2.33. The van der Waals surface area contributed by atoms with Crippen LogP contribution >= 0.6 is 0 Å². The molecule has 0 radical (unpaired) electrons. The molecule has 24 heavy (non-hydrogen) atoms. The molecule has 1 saturated carbocycles. The number of hydrogen-bond donors (Lipinski definition) is 0. The van der Waals surface area contributed by atoms with Gasteiger partial charge in [0.1, 0.15) is 0 Å². The van der Waals surface area contributed by atoms with Gasteiger partial charge in [-0.25, -0.2) is 0 Å². The zero-order valence-corrected chi connectivity index (χ0v) is 14.8. The molecule has 4 nitrogen and oxygen atoms in total. The molecule has 0 bridgehead atoms. The summed E-state index contributed by atoms with van der Waals surface area (Å²) >= 11 is 0. The van der Waals surface area contributed by atoms with E-state index in [1.807, 2.05) is 0 Å². The first kappa shape index (κ1) is 15.9. The second kappa shape index (κ2) is 6.75. The van der Waals surface area contributed by atoms with Gasteiger partial charge in [0.05, 0.1) is 0 Å². The van der Waals surface area contributed by atoms with E-state index >= 15 is 0 Å². The maximum atomic E-state index is 12.9. The van der Waals surface area contributed by atoms with E-state index in [0.29, 0.717) is 6.04 Å². The van der Waals surface area contributed by atoms with Gasteiger partial charge in [0.25, 0.3) is 5.91 Å². The van der Waals surface area contributed by atoms with E-state index in [0.717, 1.165) is 44.8 Å². The van der Waals surface area contributed by atoms with Gasteiger partial charge < -0.3 is 14.7 Å². The first-order valence-corrected chi connectivity index (χ1v) is 9.67. The lowest BCUT2D eigenvalue weighted by Crippen LogP contribution is -2.46. The molecule has 4 rings (SSSR count). The molecular formula is C20H29N3O. The first-order valence-electron chi connectivity index (χ1n) is 9.67. The van der Waals surface area contributed by atoms with Crippen LogP contribution in [0.15, 0.2) is 18.2 Å². The molecule has 2 fully saturated rings. The minimum atomic E-state index is 0.269. The maximum Gasteiger partial charge on any atom is 0.254 e. The normalized spacial score (nSPS) is 23.0. The Hall–Kier alpha value is -1.55. The topological polar surface area (TPSA) is 26.8 Å². The van der Waals surface area contributed by atoms with Crippen molar-refractivity contribution in [3.05, 3.63) is 29.3 Å². The molecular weight excluding hydrogens is 298 g/mol. The number of nitrogens with zero attached hydrogens (tertiary/aromatic N) is 3. The van der Waals surface area contributed by atoms with Gasteiger partial charge in [0.15, 0.2) is 0 Å². The van der Waals surface area contributed by atoms with Gasteiger partial charge in [-0.3, -0.25) is 4.79 Å². The summed E-state index contributed by atoms with van der Waals surface area (Å²) in [7, 11) is 0. The van der Waals surface area contributed by atoms with E-state index in [1.54, 1.807) is 0 Å². The zero-order chi connectivity index (χ0) is 16.5. The van der Waals surface area contributed by atoms with Crippen molar-refractivity contribution in [2.45, 2.75) is 51.6 Å². The van der Waals surface area contributed by atoms with Crippen LogP contribution in [0.4, 0.5) is 5.69 Å². The Kier molecular flexibility index (Phi) is 4.49. The summed E-state index contributed by atoms with van der Waals surface area (Å²) in [5.74, 6) is 0.269. The number of rotatable bonds is 3. The van der Waals surface area contributed by atoms with E-state index < -0.39 is 0 Å². The maximum absolute atomic E-state index is 12.9. The quantitative estimate of drug-likeness (QED) is 0.853. The third kappa shape index (κ3) is 2.92. The van der Waals surface area contributed by atoms with Crippen LogP contribution < -0.4 is 4.90 Å². The second-order valence-electron chi connectivity index (χ2n) is 7.49. The average Bonchev–Trinajstić information content (AvgIpc) is 2.99. The van der Waals surface area contributed by atoms with E-state index in [2.05, 4.69) is 39.8 Å². The Morgan fingerprint density at radius 3 is 2.50 bits per heavy atom. The van der Waals surface area contributed by atoms with Crippen LogP contribution in [0.1, 0.15) is 54.9 Å². The van der Waals surface area contributed by atoms with Crippen molar-refractivity contribution < 1.29 is 4.79 Å². The highest BCUT2D eigenvalue weighted by molar-refractivity contribution is 5.99. The highest BCUT2D eigenvalue weighted by atomic mass is 16.2. The van der Waals surface area contributed by atoms with Crippen LogP contribution in [-0.4, -0.2) is 54.5 Å². The van der Waals surface area contributed by atoms with Crippen molar-refractivity contribution in [1.82, 2.24) is 9.80 Å². The summed E-state index contributed by atoms with van der Waals surface area (Å²) in [4.78, 5) is 20.0. The molecule has 1 aromatic rings. The monoisotopic (exact) mass is 327 g/mol. The molecule has 3 aliphatic rings. The zero-order valence-electron chi connectivity index (χ0n) is 14.8. The molecule has 1 saturated heterocycles. The number of anilines is 1. The fraction of sp³-hybridized carbons (Fsp3) is 0.650. The molecule has 0 N–H and O–H groups in total. The van der Waals surface area contributed by atoms with Crippen molar-refractivity contribution in [3.8, 4) is 0 Å². The summed E-state index contributed by atoms with van der Waals surface area (Å²) in [5, 5.41) is 0. The van der Waals surface area contributed by atoms with Gasteiger partial charge in [-0.05, 0) is 37.1 Å². The summed E-state index contributed by atoms with van der Waals surface area (Å²) in [5.41, 5.74) is 3.40. The van der Waals surface area contributed by atoms with Crippen LogP contribution in [0.25, 0.3) is 0 Å². The second-order valence-corrected chi connectivity index (χ2v) is 7.49. The number of benzene rings is 1. The molecule has 1 aliphatic carbocycles. The molecule has 130 valence electrons. The minimum Gasteiger partial charge on any atom is -0.369 e. The Bertz CT molecular complexity index is 601. The van der Waals surface area contributed by atoms with Crippen molar-refractivity contribution in [2.24, 2.45) is 0 Å². The van der Waals surface area contributed by atoms with Crippen molar-refractivity contribution >= 4 is 11.6 Å². The summed E-state index contributed by atoms with van der Waals surface area (Å²) in [6, 6.07) is 7.04. The Balaban J connectivity index is 1.49. The highest BCUT2D eigenvalue weighted by Crippen LogP contribution is 2.33. The van der Waals surface area contributed by atoms with E-state index in [-0.39, 0.29) is 5.91 Å². The SMILES string of the molecule is CCN1CCN(c2ccc3c(c2)C(=O)N(C2CCCCC2)C3)CC1. The van der Waals surface area contributed by atoms with Gasteiger partial charge >= 0.3 is 0 Å². The summed E-state index contributed by atoms with van der Waals surface area (Å²) in [6.45, 7) is 8.55. The first-order chi connectivity index (χ1) is 11.8. The van der Waals surface area contributed by atoms with Crippen molar-refractivity contribution in [3.63, 3.8) is 0 Å². The number of likely N-dealkylation sites (N-methyl/N-ethyl adjacent to an activating group) is 1. The molecule has 2 aliphatic heterocycles. The predicted octanol–water partition coefficient (Wildman–Crippen LogP) is 3.12. The molecule has 2 heterocycles. The lowest BCUT2D eigenvalue weighted by Gasteiger charge is -2.35. The summed E-state index contributed by atoms with van der Waals surface area (Å²) in [6.07, 6.45) is 6.26. The van der Waals surface area contributed by atoms with Crippen LogP contribution in [0.5, 0.6) is 0 Å². The molecule has 0 spiro atoms. The third-order valence-corrected chi connectivity index (χ3v) is 6.13. The average molecular weight is 327 g/mol. The van der Waals surface area contributed by atoms with E-state index in [4.69, 9.17) is 0 Å². The molecule has 1 aromatic carbocycles. The Labute approximate surface area is 145 Å². The lowest BCUT2D eigenvalue weighted by molar-refractivity contribution is 0.0660. The van der Waals surface area contributed by atoms with Crippen LogP contribution in [0.3, 0.4) is 0 Å². The van der Waals surface area contributed by atoms with Gasteiger partial charge in [0, 0.05) is 50.0 Å². The number of hydrogen-bond acceptors (Lipinski definition) is 3. The number of carbonyl (C=O) groups is 1. The minimum absolute atomic E-state index is 0.269. The van der Waals surface area contributed by atoms with Crippen LogP contribution in [-0.2, 0) is 6.54 Å². The number of piperazine rings is 1. The van der Waals surface area contributed by atoms with Crippen molar-refractivity contribution in [1.29, 1.82) is 0 Å².